The summed E-state index contributed by atoms with van der Waals surface area (Å²) in [5.74, 6) is 0.848. The van der Waals surface area contributed by atoms with Crippen LogP contribution in [0.1, 0.15) is 25.3 Å². The van der Waals surface area contributed by atoms with E-state index in [1.807, 2.05) is 11.8 Å². The highest BCUT2D eigenvalue weighted by Gasteiger charge is 2.25. The molecule has 1 amide bonds. The molecule has 1 aromatic carbocycles. The number of carbonyl (C=O) groups is 1. The Bertz CT molecular complexity index is 729. The molecule has 1 unspecified atom stereocenters. The molecule has 138 valence electrons. The van der Waals surface area contributed by atoms with Gasteiger partial charge < -0.3 is 15.5 Å². The van der Waals surface area contributed by atoms with Gasteiger partial charge in [0.1, 0.15) is 0 Å². The maximum atomic E-state index is 11.7. The maximum Gasteiger partial charge on any atom is 0.222 e. The number of sulfone groups is 1. The molecule has 2 N–H and O–H groups in total. The first-order valence-electron chi connectivity index (χ1n) is 8.37. The summed E-state index contributed by atoms with van der Waals surface area (Å²) in [5.41, 5.74) is 0.963. The number of aliphatic imine (C=N–C) groups is 1. The first kappa shape index (κ1) is 19.2. The topological polar surface area (TPSA) is 90.9 Å². The molecular formula is C17H26N4O3S. The van der Waals surface area contributed by atoms with E-state index in [-0.39, 0.29) is 11.9 Å². The van der Waals surface area contributed by atoms with E-state index in [1.54, 1.807) is 31.3 Å². The molecule has 0 saturated carbocycles. The van der Waals surface area contributed by atoms with E-state index in [9.17, 15) is 13.2 Å². The zero-order valence-corrected chi connectivity index (χ0v) is 15.8. The highest BCUT2D eigenvalue weighted by atomic mass is 32.2. The van der Waals surface area contributed by atoms with Gasteiger partial charge in [-0.3, -0.25) is 9.79 Å². The minimum Gasteiger partial charge on any atom is -0.352 e. The quantitative estimate of drug-likeness (QED) is 0.593. The van der Waals surface area contributed by atoms with Crippen LogP contribution in [-0.4, -0.2) is 57.6 Å². The van der Waals surface area contributed by atoms with Crippen LogP contribution in [0.25, 0.3) is 0 Å². The monoisotopic (exact) mass is 366 g/mol. The molecule has 1 aliphatic rings. The zero-order chi connectivity index (χ0) is 18.4. The highest BCUT2D eigenvalue weighted by molar-refractivity contribution is 7.90. The van der Waals surface area contributed by atoms with Gasteiger partial charge in [-0.05, 0) is 24.1 Å². The second-order valence-electron chi connectivity index (χ2n) is 6.17. The fourth-order valence-electron chi connectivity index (χ4n) is 2.76. The van der Waals surface area contributed by atoms with Crippen molar-refractivity contribution >= 4 is 21.7 Å². The lowest BCUT2D eigenvalue weighted by atomic mass is 10.2. The van der Waals surface area contributed by atoms with Crippen molar-refractivity contribution in [2.24, 2.45) is 4.99 Å². The minimum absolute atomic E-state index is 0.179. The minimum atomic E-state index is -3.17. The van der Waals surface area contributed by atoms with Crippen molar-refractivity contribution in [1.82, 2.24) is 15.5 Å². The van der Waals surface area contributed by atoms with Crippen molar-refractivity contribution in [3.8, 4) is 0 Å². The summed E-state index contributed by atoms with van der Waals surface area (Å²) in [5, 5.41) is 6.54. The van der Waals surface area contributed by atoms with Crippen molar-refractivity contribution in [3.63, 3.8) is 0 Å². The summed E-state index contributed by atoms with van der Waals surface area (Å²) >= 11 is 0. The second-order valence-corrected chi connectivity index (χ2v) is 8.18. The lowest BCUT2D eigenvalue weighted by Gasteiger charge is -2.18. The van der Waals surface area contributed by atoms with Gasteiger partial charge in [0.2, 0.25) is 5.91 Å². The molecule has 1 aliphatic heterocycles. The number of rotatable bonds is 5. The molecule has 2 rings (SSSR count). The summed E-state index contributed by atoms with van der Waals surface area (Å²) in [7, 11) is -1.47. The summed E-state index contributed by atoms with van der Waals surface area (Å²) in [6.45, 7) is 3.87. The smallest absolute Gasteiger partial charge is 0.222 e. The van der Waals surface area contributed by atoms with Gasteiger partial charge in [0.25, 0.3) is 0 Å². The summed E-state index contributed by atoms with van der Waals surface area (Å²) in [4.78, 5) is 18.1. The van der Waals surface area contributed by atoms with Crippen molar-refractivity contribution in [2.75, 3.05) is 26.4 Å². The molecule has 0 radical (unpaired) electrons. The summed E-state index contributed by atoms with van der Waals surface area (Å²) in [6, 6.07) is 6.97. The Hall–Kier alpha value is -2.09. The number of carbonyl (C=O) groups excluding carboxylic acids is 1. The maximum absolute atomic E-state index is 11.7. The Balaban J connectivity index is 1.86. The molecule has 1 heterocycles. The van der Waals surface area contributed by atoms with Gasteiger partial charge in [-0.15, -0.1) is 0 Å². The van der Waals surface area contributed by atoms with E-state index >= 15 is 0 Å². The third kappa shape index (κ3) is 5.45. The van der Waals surface area contributed by atoms with Crippen molar-refractivity contribution in [1.29, 1.82) is 0 Å². The second kappa shape index (κ2) is 8.33. The number of nitrogens with zero attached hydrogens (tertiary/aromatic N) is 2. The van der Waals surface area contributed by atoms with Gasteiger partial charge in [-0.2, -0.15) is 0 Å². The van der Waals surface area contributed by atoms with E-state index in [1.165, 1.54) is 6.26 Å². The van der Waals surface area contributed by atoms with E-state index < -0.39 is 9.84 Å². The molecule has 0 aromatic heterocycles. The molecule has 8 heteroatoms. The van der Waals surface area contributed by atoms with E-state index in [4.69, 9.17) is 0 Å². The Morgan fingerprint density at radius 2 is 2.00 bits per heavy atom. The van der Waals surface area contributed by atoms with Crippen LogP contribution in [0.5, 0.6) is 0 Å². The Labute approximate surface area is 149 Å². The number of nitrogens with one attached hydrogen (secondary N) is 2. The Morgan fingerprint density at radius 3 is 2.56 bits per heavy atom. The normalized spacial score (nSPS) is 18.3. The van der Waals surface area contributed by atoms with Gasteiger partial charge in [0.15, 0.2) is 15.8 Å². The van der Waals surface area contributed by atoms with Crippen LogP contribution in [0.2, 0.25) is 0 Å². The summed E-state index contributed by atoms with van der Waals surface area (Å²) < 4.78 is 22.9. The molecule has 0 aliphatic carbocycles. The van der Waals surface area contributed by atoms with Crippen LogP contribution >= 0.6 is 0 Å². The van der Waals surface area contributed by atoms with Gasteiger partial charge in [0, 0.05) is 45.4 Å². The fraction of sp³-hybridized carbons (Fsp3) is 0.529. The average Bonchev–Trinajstić information content (AvgIpc) is 3.06. The standard InChI is InChI=1S/C17H26N4O3S/c1-4-16(22)21-10-9-14(12-21)20-17(18-2)19-11-13-5-7-15(8-6-13)25(3,23)24/h5-8,14H,4,9-12H2,1-3H3,(H2,18,19,20). The van der Waals surface area contributed by atoms with Gasteiger partial charge >= 0.3 is 0 Å². The molecule has 1 fully saturated rings. The molecular weight excluding hydrogens is 340 g/mol. The third-order valence-electron chi connectivity index (χ3n) is 4.22. The number of benzene rings is 1. The van der Waals surface area contributed by atoms with Crippen LogP contribution in [0, 0.1) is 0 Å². The fourth-order valence-corrected chi connectivity index (χ4v) is 3.39. The first-order valence-corrected chi connectivity index (χ1v) is 10.3. The molecule has 7 nitrogen and oxygen atoms in total. The molecule has 1 aromatic rings. The largest absolute Gasteiger partial charge is 0.352 e. The molecule has 0 spiro atoms. The SMILES string of the molecule is CCC(=O)N1CCC(NC(=NC)NCc2ccc(S(C)(=O)=O)cc2)C1. The van der Waals surface area contributed by atoms with E-state index in [2.05, 4.69) is 15.6 Å². The van der Waals surface area contributed by atoms with Crippen molar-refractivity contribution in [3.05, 3.63) is 29.8 Å². The first-order chi connectivity index (χ1) is 11.8. The number of hydrogen-bond donors (Lipinski definition) is 2. The lowest BCUT2D eigenvalue weighted by molar-refractivity contribution is -0.129. The van der Waals surface area contributed by atoms with Crippen LogP contribution in [0.3, 0.4) is 0 Å². The van der Waals surface area contributed by atoms with Crippen LogP contribution in [0.15, 0.2) is 34.2 Å². The van der Waals surface area contributed by atoms with E-state index in [0.29, 0.717) is 30.4 Å². The number of guanidine groups is 1. The summed E-state index contributed by atoms with van der Waals surface area (Å²) in [6.07, 6.45) is 2.62. The molecule has 25 heavy (non-hydrogen) atoms. The Kier molecular flexibility index (Phi) is 6.41. The number of hydrogen-bond acceptors (Lipinski definition) is 4. The van der Waals surface area contributed by atoms with Gasteiger partial charge in [-0.1, -0.05) is 19.1 Å². The number of amides is 1. The average molecular weight is 366 g/mol. The predicted octanol–water partition coefficient (Wildman–Crippen LogP) is 0.766. The number of likely N-dealkylation sites (tertiary alicyclic amines) is 1. The lowest BCUT2D eigenvalue weighted by Crippen LogP contribution is -2.44. The van der Waals surface area contributed by atoms with Crippen molar-refractivity contribution < 1.29 is 13.2 Å². The Morgan fingerprint density at radius 1 is 1.32 bits per heavy atom. The predicted molar refractivity (Wildman–Crippen MR) is 98.2 cm³/mol. The molecule has 1 atom stereocenters. The zero-order valence-electron chi connectivity index (χ0n) is 14.9. The van der Waals surface area contributed by atoms with Gasteiger partial charge in [0.05, 0.1) is 4.90 Å². The molecule has 0 bridgehead atoms. The van der Waals surface area contributed by atoms with Gasteiger partial charge in [-0.25, -0.2) is 8.42 Å². The van der Waals surface area contributed by atoms with E-state index in [0.717, 1.165) is 18.5 Å². The van der Waals surface area contributed by atoms with Crippen LogP contribution in [0.4, 0.5) is 0 Å². The van der Waals surface area contributed by atoms with Crippen molar-refractivity contribution in [2.45, 2.75) is 37.2 Å². The van der Waals surface area contributed by atoms with Crippen LogP contribution in [-0.2, 0) is 21.2 Å². The van der Waals surface area contributed by atoms with Crippen LogP contribution < -0.4 is 10.6 Å². The third-order valence-corrected chi connectivity index (χ3v) is 5.35. The highest BCUT2D eigenvalue weighted by Crippen LogP contribution is 2.11. The molecule has 1 saturated heterocycles.